The van der Waals surface area contributed by atoms with Gasteiger partial charge in [0.1, 0.15) is 17.9 Å². The van der Waals surface area contributed by atoms with Crippen molar-refractivity contribution in [3.05, 3.63) is 35.4 Å². The maximum Gasteiger partial charge on any atom is 0.242 e. The normalized spacial score (nSPS) is 14.1. The molecular weight excluding hydrogens is 440 g/mol. The van der Waals surface area contributed by atoms with Crippen LogP contribution in [0.4, 0.5) is 0 Å². The highest BCUT2D eigenvalue weighted by atomic mass is 32.2. The third-order valence-electron chi connectivity index (χ3n) is 4.50. The van der Waals surface area contributed by atoms with Gasteiger partial charge in [0.15, 0.2) is 0 Å². The van der Waals surface area contributed by atoms with Crippen molar-refractivity contribution in [3.8, 4) is 0 Å². The second kappa shape index (κ2) is 12.1. The number of primary amides is 1. The van der Waals surface area contributed by atoms with E-state index in [0.29, 0.717) is 11.1 Å². The molecule has 13 heteroatoms. The number of hydrogen-bond donors (Lipinski definition) is 7. The number of hydrogen-bond acceptors (Lipinski definition) is 7. The standard InChI is InChI=1S/C19H30N6O6S/c1-3-32(30,31)25-16(11(2)26)19(29)24-14(8-9-15(20)27)18(28)23-10-12-4-6-13(7-5-12)17(21)22/h4-7,11,14,16,25-26H,3,8-10H2,1-2H3,(H2,20,27)(H3,21,22)(H,23,28)(H,24,29)/t11?,14-,16+/m0/s1. The molecule has 32 heavy (non-hydrogen) atoms. The number of carbonyl (C=O) groups excluding carboxylic acids is 3. The average Bonchev–Trinajstić information content (AvgIpc) is 2.73. The zero-order valence-electron chi connectivity index (χ0n) is 17.9. The molecule has 1 rings (SSSR count). The molecule has 3 amide bonds. The number of carbonyl (C=O) groups is 3. The van der Waals surface area contributed by atoms with Crippen molar-refractivity contribution >= 4 is 33.6 Å². The summed E-state index contributed by atoms with van der Waals surface area (Å²) in [6.07, 6.45) is -1.70. The molecule has 0 bridgehead atoms. The highest BCUT2D eigenvalue weighted by molar-refractivity contribution is 7.89. The summed E-state index contributed by atoms with van der Waals surface area (Å²) in [5, 5.41) is 22.2. The number of nitrogens with one attached hydrogen (secondary N) is 4. The number of nitrogens with two attached hydrogens (primary N) is 2. The van der Waals surface area contributed by atoms with Crippen LogP contribution in [-0.4, -0.2) is 61.0 Å². The van der Waals surface area contributed by atoms with Crippen molar-refractivity contribution in [1.29, 1.82) is 5.41 Å². The molecule has 1 unspecified atom stereocenters. The number of amides is 3. The molecule has 0 saturated carbocycles. The van der Waals surface area contributed by atoms with Gasteiger partial charge in [-0.3, -0.25) is 19.8 Å². The van der Waals surface area contributed by atoms with E-state index in [1.807, 2.05) is 0 Å². The zero-order chi connectivity index (χ0) is 24.5. The number of rotatable bonds is 13. The van der Waals surface area contributed by atoms with E-state index >= 15 is 0 Å². The van der Waals surface area contributed by atoms with Crippen LogP contribution in [0.15, 0.2) is 24.3 Å². The van der Waals surface area contributed by atoms with E-state index in [0.717, 1.165) is 0 Å². The van der Waals surface area contributed by atoms with Gasteiger partial charge in [-0.1, -0.05) is 24.3 Å². The minimum atomic E-state index is -3.82. The van der Waals surface area contributed by atoms with Gasteiger partial charge in [-0.05, 0) is 25.8 Å². The molecule has 0 heterocycles. The predicted molar refractivity (Wildman–Crippen MR) is 118 cm³/mol. The Hall–Kier alpha value is -3.03. The second-order valence-corrected chi connectivity index (χ2v) is 9.18. The molecule has 0 aliphatic heterocycles. The summed E-state index contributed by atoms with van der Waals surface area (Å²) >= 11 is 0. The number of aliphatic hydroxyl groups excluding tert-OH is 1. The van der Waals surface area contributed by atoms with Crippen molar-refractivity contribution < 1.29 is 27.9 Å². The van der Waals surface area contributed by atoms with Crippen molar-refractivity contribution in [1.82, 2.24) is 15.4 Å². The van der Waals surface area contributed by atoms with E-state index in [1.165, 1.54) is 13.8 Å². The van der Waals surface area contributed by atoms with E-state index in [9.17, 15) is 27.9 Å². The molecule has 0 aliphatic rings. The molecule has 12 nitrogen and oxygen atoms in total. The maximum atomic E-state index is 12.6. The van der Waals surface area contributed by atoms with Crippen LogP contribution in [0.3, 0.4) is 0 Å². The van der Waals surface area contributed by atoms with Gasteiger partial charge < -0.3 is 27.2 Å². The Morgan fingerprint density at radius 1 is 1.12 bits per heavy atom. The Morgan fingerprint density at radius 3 is 2.19 bits per heavy atom. The predicted octanol–water partition coefficient (Wildman–Crippen LogP) is -1.97. The van der Waals surface area contributed by atoms with E-state index in [4.69, 9.17) is 16.9 Å². The summed E-state index contributed by atoms with van der Waals surface area (Å²) in [5.74, 6) is -2.64. The average molecular weight is 471 g/mol. The summed E-state index contributed by atoms with van der Waals surface area (Å²) < 4.78 is 25.7. The van der Waals surface area contributed by atoms with Crippen LogP contribution >= 0.6 is 0 Å². The largest absolute Gasteiger partial charge is 0.391 e. The molecule has 1 aromatic rings. The molecule has 178 valence electrons. The molecule has 1 aromatic carbocycles. The second-order valence-electron chi connectivity index (χ2n) is 7.13. The van der Waals surface area contributed by atoms with Crippen LogP contribution in [0.5, 0.6) is 0 Å². The lowest BCUT2D eigenvalue weighted by atomic mass is 10.1. The SMILES string of the molecule is CCS(=O)(=O)N[C@@H](C(=O)N[C@@H](CCC(N)=O)C(=O)NCc1ccc(C(=N)N)cc1)C(C)O. The molecule has 0 saturated heterocycles. The Labute approximate surface area is 186 Å². The molecule has 9 N–H and O–H groups in total. The van der Waals surface area contributed by atoms with Crippen LogP contribution in [-0.2, 0) is 31.0 Å². The Kier molecular flexibility index (Phi) is 10.2. The Bertz CT molecular complexity index is 932. The van der Waals surface area contributed by atoms with E-state index in [1.54, 1.807) is 24.3 Å². The highest BCUT2D eigenvalue weighted by Gasteiger charge is 2.31. The van der Waals surface area contributed by atoms with E-state index in [-0.39, 0.29) is 31.0 Å². The molecule has 0 radical (unpaired) electrons. The number of amidine groups is 1. The summed E-state index contributed by atoms with van der Waals surface area (Å²) in [4.78, 5) is 36.4. The van der Waals surface area contributed by atoms with Gasteiger partial charge in [-0.15, -0.1) is 0 Å². The summed E-state index contributed by atoms with van der Waals surface area (Å²) in [5.41, 5.74) is 11.8. The smallest absolute Gasteiger partial charge is 0.242 e. The van der Waals surface area contributed by atoms with Crippen LogP contribution < -0.4 is 26.8 Å². The molecule has 0 spiro atoms. The van der Waals surface area contributed by atoms with Gasteiger partial charge in [0, 0.05) is 18.5 Å². The van der Waals surface area contributed by atoms with Gasteiger partial charge in [0.25, 0.3) is 0 Å². The van der Waals surface area contributed by atoms with Crippen molar-refractivity contribution in [2.45, 2.75) is 51.4 Å². The molecular formula is C19H30N6O6S. The zero-order valence-corrected chi connectivity index (χ0v) is 18.7. The first-order valence-electron chi connectivity index (χ1n) is 9.84. The lowest BCUT2D eigenvalue weighted by Gasteiger charge is -2.24. The Morgan fingerprint density at radius 2 is 1.72 bits per heavy atom. The van der Waals surface area contributed by atoms with Crippen LogP contribution in [0.25, 0.3) is 0 Å². The lowest BCUT2D eigenvalue weighted by Crippen LogP contribution is -2.57. The van der Waals surface area contributed by atoms with Crippen molar-refractivity contribution in [2.75, 3.05) is 5.75 Å². The maximum absolute atomic E-state index is 12.6. The van der Waals surface area contributed by atoms with Gasteiger partial charge in [0.2, 0.25) is 27.7 Å². The monoisotopic (exact) mass is 470 g/mol. The van der Waals surface area contributed by atoms with Gasteiger partial charge >= 0.3 is 0 Å². The summed E-state index contributed by atoms with van der Waals surface area (Å²) in [6, 6.07) is 3.84. The first-order valence-corrected chi connectivity index (χ1v) is 11.5. The minimum absolute atomic E-state index is 0.0856. The lowest BCUT2D eigenvalue weighted by molar-refractivity contribution is -0.131. The third-order valence-corrected chi connectivity index (χ3v) is 5.87. The molecule has 0 fully saturated rings. The fraction of sp³-hybridized carbons (Fsp3) is 0.474. The third kappa shape index (κ3) is 8.99. The van der Waals surface area contributed by atoms with Gasteiger partial charge in [0.05, 0.1) is 11.9 Å². The summed E-state index contributed by atoms with van der Waals surface area (Å²) in [6.45, 7) is 2.68. The summed E-state index contributed by atoms with van der Waals surface area (Å²) in [7, 11) is -3.82. The number of aliphatic hydroxyl groups is 1. The van der Waals surface area contributed by atoms with Crippen molar-refractivity contribution in [2.24, 2.45) is 11.5 Å². The van der Waals surface area contributed by atoms with E-state index in [2.05, 4.69) is 15.4 Å². The quantitative estimate of drug-likeness (QED) is 0.127. The van der Waals surface area contributed by atoms with Gasteiger partial charge in [-0.25, -0.2) is 13.1 Å². The van der Waals surface area contributed by atoms with E-state index < -0.39 is 45.9 Å². The molecule has 0 aromatic heterocycles. The first kappa shape index (κ1) is 27.0. The number of nitrogen functional groups attached to an aromatic ring is 1. The highest BCUT2D eigenvalue weighted by Crippen LogP contribution is 2.06. The number of benzene rings is 1. The molecule has 3 atom stereocenters. The molecule has 0 aliphatic carbocycles. The van der Waals surface area contributed by atoms with Crippen LogP contribution in [0, 0.1) is 5.41 Å². The fourth-order valence-electron chi connectivity index (χ4n) is 2.58. The van der Waals surface area contributed by atoms with Crippen LogP contribution in [0.2, 0.25) is 0 Å². The number of sulfonamides is 1. The topological polar surface area (TPSA) is 218 Å². The van der Waals surface area contributed by atoms with Crippen molar-refractivity contribution in [3.63, 3.8) is 0 Å². The van der Waals surface area contributed by atoms with Crippen LogP contribution in [0.1, 0.15) is 37.8 Å². The first-order chi connectivity index (χ1) is 14.9. The minimum Gasteiger partial charge on any atom is -0.391 e. The van der Waals surface area contributed by atoms with Gasteiger partial charge in [-0.2, -0.15) is 0 Å². The fourth-order valence-corrected chi connectivity index (χ4v) is 3.44. The Balaban J connectivity index is 2.90.